The van der Waals surface area contributed by atoms with Gasteiger partial charge in [0, 0.05) is 5.92 Å². The van der Waals surface area contributed by atoms with Gasteiger partial charge in [-0.2, -0.15) is 0 Å². The number of hydrogen-bond donors (Lipinski definition) is 1. The van der Waals surface area contributed by atoms with Crippen molar-refractivity contribution in [1.29, 1.82) is 0 Å². The van der Waals surface area contributed by atoms with E-state index in [0.29, 0.717) is 16.6 Å². The summed E-state index contributed by atoms with van der Waals surface area (Å²) in [7, 11) is -0.764. The fraction of sp³-hybridized carbons (Fsp3) is 0.412. The number of carbonyl (C=O) groups is 2. The van der Waals surface area contributed by atoms with Crippen molar-refractivity contribution in [1.82, 2.24) is 5.32 Å². The van der Waals surface area contributed by atoms with Crippen LogP contribution in [-0.4, -0.2) is 34.1 Å². The quantitative estimate of drug-likeness (QED) is 0.184. The number of esters is 1. The Labute approximate surface area is 245 Å². The summed E-state index contributed by atoms with van der Waals surface area (Å²) in [5.41, 5.74) is 6.75. The third-order valence-electron chi connectivity index (χ3n) is 8.52. The van der Waals surface area contributed by atoms with Crippen LogP contribution in [0.2, 0.25) is 16.6 Å². The Morgan fingerprint density at radius 2 is 1.29 bits per heavy atom. The Morgan fingerprint density at radius 1 is 0.780 bits per heavy atom. The smallest absolute Gasteiger partial charge is 0.407 e. The van der Waals surface area contributed by atoms with Gasteiger partial charge in [0.1, 0.15) is 12.4 Å². The highest BCUT2D eigenvalue weighted by Crippen LogP contribution is 2.45. The van der Waals surface area contributed by atoms with Crippen molar-refractivity contribution in [3.05, 3.63) is 89.5 Å². The van der Waals surface area contributed by atoms with Crippen molar-refractivity contribution >= 4 is 20.4 Å². The Balaban J connectivity index is 1.48. The zero-order chi connectivity index (χ0) is 29.7. The van der Waals surface area contributed by atoms with E-state index in [-0.39, 0.29) is 18.9 Å². The normalized spacial score (nSPS) is 13.6. The largest absolute Gasteiger partial charge is 0.543 e. The molecule has 4 rings (SSSR count). The van der Waals surface area contributed by atoms with Crippen LogP contribution < -0.4 is 9.74 Å². The van der Waals surface area contributed by atoms with Crippen LogP contribution in [0.4, 0.5) is 4.79 Å². The number of hydrogen-bond acceptors (Lipinski definition) is 5. The molecule has 0 radical (unpaired) electrons. The highest BCUT2D eigenvalue weighted by atomic mass is 28.4. The molecule has 6 nitrogen and oxygen atoms in total. The van der Waals surface area contributed by atoms with Crippen molar-refractivity contribution in [3.63, 3.8) is 0 Å². The topological polar surface area (TPSA) is 73.9 Å². The number of nitrogens with one attached hydrogen (secondary N) is 1. The first-order valence-corrected chi connectivity index (χ1v) is 16.7. The third kappa shape index (κ3) is 6.35. The van der Waals surface area contributed by atoms with E-state index >= 15 is 0 Å². The van der Waals surface area contributed by atoms with E-state index in [4.69, 9.17) is 13.9 Å². The van der Waals surface area contributed by atoms with Gasteiger partial charge in [-0.15, -0.1) is 0 Å². The van der Waals surface area contributed by atoms with Gasteiger partial charge in [-0.1, -0.05) is 102 Å². The summed E-state index contributed by atoms with van der Waals surface area (Å²) in [4.78, 5) is 25.3. The van der Waals surface area contributed by atoms with Gasteiger partial charge in [0.25, 0.3) is 8.32 Å². The molecule has 1 atom stereocenters. The van der Waals surface area contributed by atoms with Crippen molar-refractivity contribution < 1.29 is 23.5 Å². The molecular formula is C34H43NO5Si. The van der Waals surface area contributed by atoms with Gasteiger partial charge in [0.2, 0.25) is 0 Å². The van der Waals surface area contributed by atoms with Gasteiger partial charge in [0.05, 0.1) is 19.6 Å². The summed E-state index contributed by atoms with van der Waals surface area (Å²) in [6.45, 7) is 13.7. The molecule has 0 aromatic heterocycles. The second kappa shape index (κ2) is 12.9. The van der Waals surface area contributed by atoms with E-state index in [1.807, 2.05) is 48.5 Å². The Kier molecular flexibility index (Phi) is 9.59. The molecule has 0 saturated carbocycles. The molecule has 0 aliphatic heterocycles. The first kappa shape index (κ1) is 30.4. The second-order valence-electron chi connectivity index (χ2n) is 11.8. The average molecular weight is 574 g/mol. The van der Waals surface area contributed by atoms with E-state index in [2.05, 4.69) is 71.1 Å². The molecule has 7 heteroatoms. The van der Waals surface area contributed by atoms with E-state index in [9.17, 15) is 9.59 Å². The van der Waals surface area contributed by atoms with Crippen LogP contribution in [0.5, 0.6) is 5.75 Å². The fourth-order valence-corrected chi connectivity index (χ4v) is 11.9. The summed E-state index contributed by atoms with van der Waals surface area (Å²) in [6, 6.07) is 23.5. The van der Waals surface area contributed by atoms with E-state index in [0.717, 1.165) is 22.4 Å². The van der Waals surface area contributed by atoms with Gasteiger partial charge >= 0.3 is 12.1 Å². The van der Waals surface area contributed by atoms with Crippen molar-refractivity contribution in [2.45, 2.75) is 76.5 Å². The van der Waals surface area contributed by atoms with Crippen LogP contribution in [-0.2, 0) is 14.3 Å². The van der Waals surface area contributed by atoms with Gasteiger partial charge in [-0.3, -0.25) is 4.79 Å². The molecule has 41 heavy (non-hydrogen) atoms. The maximum atomic E-state index is 13.1. The van der Waals surface area contributed by atoms with Gasteiger partial charge < -0.3 is 19.2 Å². The van der Waals surface area contributed by atoms with Crippen molar-refractivity contribution in [3.8, 4) is 16.9 Å². The first-order chi connectivity index (χ1) is 19.6. The lowest BCUT2D eigenvalue weighted by atomic mass is 9.98. The maximum Gasteiger partial charge on any atom is 0.407 e. The predicted molar refractivity (Wildman–Crippen MR) is 166 cm³/mol. The number of benzene rings is 3. The van der Waals surface area contributed by atoms with E-state index < -0.39 is 26.4 Å². The molecule has 0 spiro atoms. The molecule has 0 heterocycles. The third-order valence-corrected chi connectivity index (χ3v) is 14.5. The number of fused-ring (bicyclic) bond motifs is 3. The lowest BCUT2D eigenvalue weighted by Gasteiger charge is -2.42. The molecular weight excluding hydrogens is 530 g/mol. The minimum Gasteiger partial charge on any atom is -0.543 e. The zero-order valence-corrected chi connectivity index (χ0v) is 26.3. The molecule has 1 N–H and O–H groups in total. The summed E-state index contributed by atoms with van der Waals surface area (Å²) in [5, 5.41) is 2.90. The van der Waals surface area contributed by atoms with Crippen LogP contribution in [0.1, 0.15) is 76.6 Å². The minimum atomic E-state index is -2.11. The SMILES string of the molecule is COC(=O)C[C@@H](NC(=O)OCC1c2ccccc2-c2ccccc21)c1ccc(O[Si](C(C)C)(C(C)C)C(C)C)cc1. The van der Waals surface area contributed by atoms with Crippen LogP contribution >= 0.6 is 0 Å². The molecule has 1 aliphatic carbocycles. The summed E-state index contributed by atoms with van der Waals surface area (Å²) in [5.74, 6) is 0.352. The van der Waals surface area contributed by atoms with E-state index in [1.165, 1.54) is 18.2 Å². The van der Waals surface area contributed by atoms with Gasteiger partial charge in [0.15, 0.2) is 0 Å². The van der Waals surface area contributed by atoms with Gasteiger partial charge in [-0.05, 0) is 56.6 Å². The van der Waals surface area contributed by atoms with Crippen molar-refractivity contribution in [2.24, 2.45) is 0 Å². The number of amides is 1. The zero-order valence-electron chi connectivity index (χ0n) is 25.3. The number of carbonyl (C=O) groups excluding carboxylic acids is 2. The van der Waals surface area contributed by atoms with E-state index in [1.54, 1.807) is 0 Å². The molecule has 0 unspecified atom stereocenters. The Hall–Kier alpha value is -3.58. The van der Waals surface area contributed by atoms with Crippen LogP contribution in [0, 0.1) is 0 Å². The Morgan fingerprint density at radius 3 is 1.78 bits per heavy atom. The molecule has 3 aromatic carbocycles. The highest BCUT2D eigenvalue weighted by Gasteiger charge is 2.47. The first-order valence-electron chi connectivity index (χ1n) is 14.6. The number of rotatable bonds is 11. The summed E-state index contributed by atoms with van der Waals surface area (Å²) in [6.07, 6.45) is -0.587. The molecule has 0 fully saturated rings. The minimum absolute atomic E-state index is 0.0103. The predicted octanol–water partition coefficient (Wildman–Crippen LogP) is 8.38. The number of methoxy groups -OCH3 is 1. The average Bonchev–Trinajstić information content (AvgIpc) is 3.27. The standard InChI is InChI=1S/C34H43NO5Si/c1-22(2)41(23(3)4,24(5)6)40-26-18-16-25(17-19-26)32(20-33(36)38-7)35-34(37)39-21-31-29-14-10-8-12-27(29)28-13-9-11-15-30(28)31/h8-19,22-24,31-32H,20-21H2,1-7H3,(H,35,37)/t32-/m1/s1. The summed E-state index contributed by atoms with van der Waals surface area (Å²) >= 11 is 0. The van der Waals surface area contributed by atoms with Gasteiger partial charge in [-0.25, -0.2) is 4.79 Å². The molecule has 1 aliphatic rings. The molecule has 0 saturated heterocycles. The van der Waals surface area contributed by atoms with Crippen LogP contribution in [0.3, 0.4) is 0 Å². The molecule has 218 valence electrons. The van der Waals surface area contributed by atoms with Crippen LogP contribution in [0.25, 0.3) is 11.1 Å². The highest BCUT2D eigenvalue weighted by molar-refractivity contribution is 6.78. The number of alkyl carbamates (subject to hydrolysis) is 1. The Bertz CT molecular complexity index is 1280. The molecule has 0 bridgehead atoms. The fourth-order valence-electron chi connectivity index (χ4n) is 6.61. The summed E-state index contributed by atoms with van der Waals surface area (Å²) < 4.78 is 17.5. The second-order valence-corrected chi connectivity index (χ2v) is 17.2. The monoisotopic (exact) mass is 573 g/mol. The molecule has 1 amide bonds. The molecule has 3 aromatic rings. The number of ether oxygens (including phenoxy) is 2. The lowest BCUT2D eigenvalue weighted by molar-refractivity contribution is -0.141. The lowest BCUT2D eigenvalue weighted by Crippen LogP contribution is -2.50. The maximum absolute atomic E-state index is 13.1. The van der Waals surface area contributed by atoms with Crippen LogP contribution in [0.15, 0.2) is 72.8 Å². The van der Waals surface area contributed by atoms with Crippen molar-refractivity contribution in [2.75, 3.05) is 13.7 Å².